The van der Waals surface area contributed by atoms with Gasteiger partial charge in [-0.2, -0.15) is 0 Å². The van der Waals surface area contributed by atoms with Crippen LogP contribution in [0.5, 0.6) is 0 Å². The third-order valence-electron chi connectivity index (χ3n) is 5.64. The lowest BCUT2D eigenvalue weighted by Gasteiger charge is -2.31. The molecule has 1 heterocycles. The highest BCUT2D eigenvalue weighted by atomic mass is 28.3. The van der Waals surface area contributed by atoms with Crippen LogP contribution in [-0.4, -0.2) is 40.3 Å². The molecule has 1 aliphatic heterocycles. The number of hydrogen-bond donors (Lipinski definition) is 0. The summed E-state index contributed by atoms with van der Waals surface area (Å²) in [6, 6.07) is 10.4. The van der Waals surface area contributed by atoms with Gasteiger partial charge in [-0.15, -0.1) is 0 Å². The number of benzene rings is 1. The smallest absolute Gasteiger partial charge is 0.0917 e. The Bertz CT molecular complexity index is 503. The van der Waals surface area contributed by atoms with Crippen LogP contribution < -0.4 is 0 Å². The lowest BCUT2D eigenvalue weighted by molar-refractivity contribution is -0.0440. The Kier molecular flexibility index (Phi) is 5.26. The van der Waals surface area contributed by atoms with Crippen LogP contribution in [0.3, 0.4) is 0 Å². The maximum Gasteiger partial charge on any atom is 0.0917 e. The van der Waals surface area contributed by atoms with Gasteiger partial charge in [0.2, 0.25) is 0 Å². The number of rotatable bonds is 8. The number of fused-ring (bicyclic) bond motifs is 1. The van der Waals surface area contributed by atoms with E-state index in [4.69, 9.17) is 14.2 Å². The molecule has 3 rings (SSSR count). The molecule has 4 heteroatoms. The summed E-state index contributed by atoms with van der Waals surface area (Å²) in [4.78, 5) is 0. The first-order valence-corrected chi connectivity index (χ1v) is 11.7. The average Bonchev–Trinajstić information content (AvgIpc) is 3.21. The fourth-order valence-corrected chi connectivity index (χ4v) is 3.54. The molecule has 4 atom stereocenters. The summed E-state index contributed by atoms with van der Waals surface area (Å²) >= 11 is 0. The van der Waals surface area contributed by atoms with Crippen molar-refractivity contribution in [3.8, 4) is 0 Å². The molecule has 0 aromatic heterocycles. The van der Waals surface area contributed by atoms with Gasteiger partial charge in [0.05, 0.1) is 31.5 Å². The minimum absolute atomic E-state index is 0.307. The summed E-state index contributed by atoms with van der Waals surface area (Å²) < 4.78 is 18.0. The van der Waals surface area contributed by atoms with E-state index in [0.29, 0.717) is 35.9 Å². The van der Waals surface area contributed by atoms with E-state index in [1.54, 1.807) is 0 Å². The summed E-state index contributed by atoms with van der Waals surface area (Å²) in [5.41, 5.74) is 1.23. The zero-order valence-electron chi connectivity index (χ0n) is 14.8. The van der Waals surface area contributed by atoms with Gasteiger partial charge in [0.25, 0.3) is 0 Å². The highest BCUT2D eigenvalue weighted by molar-refractivity contribution is 6.59. The van der Waals surface area contributed by atoms with Gasteiger partial charge in [0, 0.05) is 27.7 Å². The summed E-state index contributed by atoms with van der Waals surface area (Å²) in [7, 11) is -0.716. The summed E-state index contributed by atoms with van der Waals surface area (Å²) in [6.45, 7) is 11.8. The van der Waals surface area contributed by atoms with Crippen LogP contribution in [0.4, 0.5) is 0 Å². The van der Waals surface area contributed by atoms with Crippen LogP contribution in [0.15, 0.2) is 30.3 Å². The van der Waals surface area contributed by atoms with Gasteiger partial charge in [0.15, 0.2) is 0 Å². The fourth-order valence-electron chi connectivity index (χ4n) is 3.11. The van der Waals surface area contributed by atoms with E-state index < -0.39 is 8.80 Å². The summed E-state index contributed by atoms with van der Waals surface area (Å²) in [6.07, 6.45) is 2.14. The summed E-state index contributed by atoms with van der Waals surface area (Å²) in [5, 5.41) is 0.350. The van der Waals surface area contributed by atoms with Crippen LogP contribution in [0.2, 0.25) is 18.1 Å². The van der Waals surface area contributed by atoms with Gasteiger partial charge in [-0.3, -0.25) is 0 Å². The van der Waals surface area contributed by atoms with Crippen molar-refractivity contribution in [2.24, 2.45) is 5.92 Å². The van der Waals surface area contributed by atoms with E-state index in [1.165, 1.54) is 5.56 Å². The second kappa shape index (κ2) is 7.05. The Hall–Kier alpha value is -0.683. The molecule has 3 nitrogen and oxygen atoms in total. The van der Waals surface area contributed by atoms with E-state index in [-0.39, 0.29) is 0 Å². The average molecular weight is 335 g/mol. The van der Waals surface area contributed by atoms with Crippen LogP contribution in [0, 0.1) is 5.92 Å². The largest absolute Gasteiger partial charge is 0.377 e. The van der Waals surface area contributed by atoms with Crippen molar-refractivity contribution in [2.75, 3.05) is 13.2 Å². The highest BCUT2D eigenvalue weighted by Gasteiger charge is 2.56. The molecule has 4 unspecified atom stereocenters. The molecule has 1 aromatic rings. The van der Waals surface area contributed by atoms with Gasteiger partial charge in [0.1, 0.15) is 0 Å². The molecule has 1 saturated heterocycles. The van der Waals surface area contributed by atoms with Crippen molar-refractivity contribution in [1.29, 1.82) is 0 Å². The molecule has 128 valence electrons. The molecule has 1 saturated carbocycles. The van der Waals surface area contributed by atoms with Gasteiger partial charge < -0.3 is 14.2 Å². The van der Waals surface area contributed by atoms with Gasteiger partial charge >= 0.3 is 0 Å². The second-order valence-corrected chi connectivity index (χ2v) is 11.9. The topological polar surface area (TPSA) is 31.0 Å². The number of ether oxygens (including phenoxy) is 3. The monoisotopic (exact) mass is 334 g/mol. The van der Waals surface area contributed by atoms with Crippen LogP contribution in [-0.2, 0) is 20.8 Å². The molecule has 0 amide bonds. The first kappa shape index (κ1) is 17.2. The molecule has 0 N–H and O–H groups in total. The van der Waals surface area contributed by atoms with E-state index in [9.17, 15) is 0 Å². The van der Waals surface area contributed by atoms with Crippen molar-refractivity contribution in [3.63, 3.8) is 0 Å². The quantitative estimate of drug-likeness (QED) is 0.537. The predicted molar refractivity (Wildman–Crippen MR) is 95.5 cm³/mol. The first-order chi connectivity index (χ1) is 11.0. The molecular formula is C19H30O3Si. The third-order valence-corrected chi connectivity index (χ3v) is 8.93. The van der Waals surface area contributed by atoms with Gasteiger partial charge in [-0.05, 0) is 10.6 Å². The third kappa shape index (κ3) is 4.24. The fraction of sp³-hybridized carbons (Fsp3) is 0.684. The summed E-state index contributed by atoms with van der Waals surface area (Å²) in [5.74, 6) is 0.397. The number of epoxide rings is 1. The maximum atomic E-state index is 6.32. The van der Waals surface area contributed by atoms with E-state index in [0.717, 1.165) is 19.6 Å². The van der Waals surface area contributed by atoms with E-state index >= 15 is 0 Å². The molecule has 1 aliphatic carbocycles. The molecule has 2 aliphatic rings. The second-order valence-electron chi connectivity index (χ2n) is 8.03. The van der Waals surface area contributed by atoms with Crippen molar-refractivity contribution >= 4 is 8.80 Å². The zero-order chi connectivity index (χ0) is 16.4. The molecule has 2 fully saturated rings. The molecule has 23 heavy (non-hydrogen) atoms. The minimum Gasteiger partial charge on any atom is -0.377 e. The van der Waals surface area contributed by atoms with Crippen molar-refractivity contribution in [3.05, 3.63) is 35.9 Å². The lowest BCUT2D eigenvalue weighted by atomic mass is 10.1. The molecule has 0 spiro atoms. The van der Waals surface area contributed by atoms with E-state index in [1.807, 2.05) is 6.07 Å². The highest BCUT2D eigenvalue weighted by Crippen LogP contribution is 2.45. The lowest BCUT2D eigenvalue weighted by Crippen LogP contribution is -2.33. The van der Waals surface area contributed by atoms with Crippen LogP contribution in [0.1, 0.15) is 25.8 Å². The Labute approximate surface area is 141 Å². The Balaban J connectivity index is 1.47. The maximum absolute atomic E-state index is 6.32. The van der Waals surface area contributed by atoms with Gasteiger partial charge in [-0.1, -0.05) is 57.3 Å². The molecule has 1 aromatic carbocycles. The molecule has 0 bridgehead atoms. The van der Waals surface area contributed by atoms with E-state index in [2.05, 4.69) is 51.2 Å². The Morgan fingerprint density at radius 3 is 2.65 bits per heavy atom. The zero-order valence-corrected chi connectivity index (χ0v) is 16.0. The van der Waals surface area contributed by atoms with Crippen LogP contribution in [0.25, 0.3) is 0 Å². The predicted octanol–water partition coefficient (Wildman–Crippen LogP) is 3.64. The van der Waals surface area contributed by atoms with Gasteiger partial charge in [-0.25, -0.2) is 0 Å². The number of hydrogen-bond acceptors (Lipinski definition) is 3. The standard InChI is InChI=1S/C19H30O3Si/c1-19(2,23(3)4)13-21-16-10-17-18(22-17)15(16)12-20-11-14-8-6-5-7-9-14/h5-9,15-18,23H,10-13H2,1-4H3. The van der Waals surface area contributed by atoms with Crippen molar-refractivity contribution < 1.29 is 14.2 Å². The van der Waals surface area contributed by atoms with Crippen molar-refractivity contribution in [2.45, 2.75) is 63.3 Å². The SMILES string of the molecule is C[SiH](C)C(C)(C)COC1CC2OC2C1COCc1ccccc1. The Morgan fingerprint density at radius 1 is 1.22 bits per heavy atom. The van der Waals surface area contributed by atoms with Crippen LogP contribution >= 0.6 is 0 Å². The molecular weight excluding hydrogens is 304 g/mol. The normalized spacial score (nSPS) is 29.8. The Morgan fingerprint density at radius 2 is 1.96 bits per heavy atom. The van der Waals surface area contributed by atoms with Crippen molar-refractivity contribution in [1.82, 2.24) is 0 Å². The molecule has 0 radical (unpaired) electrons. The minimum atomic E-state index is -0.716. The first-order valence-electron chi connectivity index (χ1n) is 8.86.